The van der Waals surface area contributed by atoms with Crippen molar-refractivity contribution in [3.8, 4) is 5.75 Å². The molecule has 0 saturated carbocycles. The number of rotatable bonds is 4. The first-order valence-corrected chi connectivity index (χ1v) is 7.92. The van der Waals surface area contributed by atoms with Gasteiger partial charge in [-0.05, 0) is 36.2 Å². The van der Waals surface area contributed by atoms with Crippen molar-refractivity contribution in [1.29, 1.82) is 0 Å². The van der Waals surface area contributed by atoms with E-state index in [0.29, 0.717) is 18.7 Å². The van der Waals surface area contributed by atoms with Gasteiger partial charge in [-0.3, -0.25) is 14.7 Å². The third kappa shape index (κ3) is 3.87. The topological polar surface area (TPSA) is 56.7 Å². The molecular formula is C18H21N3O2. The number of piperazine rings is 1. The standard InChI is InChI=1S/C18H21N3O2/c22-17-4-2-1-3-16(17)18(23)21-13-11-20(12-14-21)10-7-15-5-8-19-9-6-15/h1-6,8-9,22H,7,10-14H2. The van der Waals surface area contributed by atoms with Gasteiger partial charge in [-0.2, -0.15) is 0 Å². The number of nitrogens with zero attached hydrogens (tertiary/aromatic N) is 3. The fraction of sp³-hybridized carbons (Fsp3) is 0.333. The first-order chi connectivity index (χ1) is 11.2. The van der Waals surface area contributed by atoms with E-state index in [1.54, 1.807) is 24.3 Å². The Morgan fingerprint density at radius 1 is 1.04 bits per heavy atom. The molecule has 2 heterocycles. The second kappa shape index (κ2) is 7.24. The maximum Gasteiger partial charge on any atom is 0.257 e. The number of aromatic nitrogens is 1. The van der Waals surface area contributed by atoms with E-state index in [0.717, 1.165) is 26.1 Å². The quantitative estimate of drug-likeness (QED) is 0.935. The van der Waals surface area contributed by atoms with Crippen LogP contribution in [-0.4, -0.2) is 58.5 Å². The lowest BCUT2D eigenvalue weighted by molar-refractivity contribution is 0.0635. The van der Waals surface area contributed by atoms with E-state index in [1.165, 1.54) is 5.56 Å². The van der Waals surface area contributed by atoms with Gasteiger partial charge in [-0.15, -0.1) is 0 Å². The molecule has 0 radical (unpaired) electrons. The second-order valence-electron chi connectivity index (χ2n) is 5.76. The van der Waals surface area contributed by atoms with Crippen molar-refractivity contribution in [3.05, 3.63) is 59.9 Å². The van der Waals surface area contributed by atoms with E-state index in [-0.39, 0.29) is 11.7 Å². The van der Waals surface area contributed by atoms with Gasteiger partial charge in [0, 0.05) is 45.1 Å². The molecule has 0 spiro atoms. The molecule has 1 fully saturated rings. The summed E-state index contributed by atoms with van der Waals surface area (Å²) < 4.78 is 0. The fourth-order valence-corrected chi connectivity index (χ4v) is 2.84. The molecule has 1 amide bonds. The number of amides is 1. The van der Waals surface area contributed by atoms with E-state index in [9.17, 15) is 9.90 Å². The van der Waals surface area contributed by atoms with Crippen LogP contribution in [0.4, 0.5) is 0 Å². The van der Waals surface area contributed by atoms with Gasteiger partial charge in [0.2, 0.25) is 0 Å². The number of phenolic OH excluding ortho intramolecular Hbond substituents is 1. The summed E-state index contributed by atoms with van der Waals surface area (Å²) in [6.07, 6.45) is 4.63. The van der Waals surface area contributed by atoms with E-state index in [1.807, 2.05) is 29.4 Å². The molecule has 1 aliphatic rings. The number of carbonyl (C=O) groups excluding carboxylic acids is 1. The largest absolute Gasteiger partial charge is 0.507 e. The summed E-state index contributed by atoms with van der Waals surface area (Å²) in [5.41, 5.74) is 1.67. The minimum Gasteiger partial charge on any atom is -0.507 e. The van der Waals surface area contributed by atoms with Crippen LogP contribution in [0.1, 0.15) is 15.9 Å². The van der Waals surface area contributed by atoms with Gasteiger partial charge < -0.3 is 10.0 Å². The Bertz CT molecular complexity index is 652. The maximum atomic E-state index is 12.4. The van der Waals surface area contributed by atoms with Crippen LogP contribution in [0, 0.1) is 0 Å². The number of carbonyl (C=O) groups is 1. The molecule has 5 nitrogen and oxygen atoms in total. The number of hydrogen-bond acceptors (Lipinski definition) is 4. The lowest BCUT2D eigenvalue weighted by Crippen LogP contribution is -2.49. The molecule has 1 saturated heterocycles. The number of benzene rings is 1. The molecule has 120 valence electrons. The van der Waals surface area contributed by atoms with Crippen molar-refractivity contribution >= 4 is 5.91 Å². The van der Waals surface area contributed by atoms with Gasteiger partial charge in [0.15, 0.2) is 0 Å². The molecule has 0 unspecified atom stereocenters. The van der Waals surface area contributed by atoms with Crippen molar-refractivity contribution in [2.45, 2.75) is 6.42 Å². The van der Waals surface area contributed by atoms with Crippen LogP contribution >= 0.6 is 0 Å². The van der Waals surface area contributed by atoms with Crippen molar-refractivity contribution in [2.24, 2.45) is 0 Å². The third-order valence-electron chi connectivity index (χ3n) is 4.26. The van der Waals surface area contributed by atoms with Gasteiger partial charge in [0.05, 0.1) is 5.56 Å². The molecule has 0 atom stereocenters. The van der Waals surface area contributed by atoms with Gasteiger partial charge in [-0.1, -0.05) is 12.1 Å². The smallest absolute Gasteiger partial charge is 0.257 e. The van der Waals surface area contributed by atoms with Crippen molar-refractivity contribution in [3.63, 3.8) is 0 Å². The highest BCUT2D eigenvalue weighted by Crippen LogP contribution is 2.18. The number of pyridine rings is 1. The second-order valence-corrected chi connectivity index (χ2v) is 5.76. The molecule has 0 aliphatic carbocycles. The number of aromatic hydroxyl groups is 1. The van der Waals surface area contributed by atoms with Crippen LogP contribution in [0.15, 0.2) is 48.8 Å². The van der Waals surface area contributed by atoms with Crippen LogP contribution < -0.4 is 0 Å². The van der Waals surface area contributed by atoms with Crippen LogP contribution in [-0.2, 0) is 6.42 Å². The Kier molecular flexibility index (Phi) is 4.88. The predicted octanol–water partition coefficient (Wildman–Crippen LogP) is 1.79. The number of phenols is 1. The molecule has 3 rings (SSSR count). The summed E-state index contributed by atoms with van der Waals surface area (Å²) in [7, 11) is 0. The predicted molar refractivity (Wildman–Crippen MR) is 88.4 cm³/mol. The molecular weight excluding hydrogens is 290 g/mol. The van der Waals surface area contributed by atoms with E-state index in [4.69, 9.17) is 0 Å². The average Bonchev–Trinajstić information content (AvgIpc) is 2.61. The minimum absolute atomic E-state index is 0.0533. The molecule has 23 heavy (non-hydrogen) atoms. The van der Waals surface area contributed by atoms with Crippen molar-refractivity contribution in [2.75, 3.05) is 32.7 Å². The maximum absolute atomic E-state index is 12.4. The van der Waals surface area contributed by atoms with E-state index in [2.05, 4.69) is 9.88 Å². The Morgan fingerprint density at radius 3 is 2.43 bits per heavy atom. The molecule has 2 aromatic rings. The third-order valence-corrected chi connectivity index (χ3v) is 4.26. The van der Waals surface area contributed by atoms with Crippen LogP contribution in [0.2, 0.25) is 0 Å². The molecule has 1 N–H and O–H groups in total. The molecule has 1 aliphatic heterocycles. The van der Waals surface area contributed by atoms with Gasteiger partial charge in [-0.25, -0.2) is 0 Å². The fourth-order valence-electron chi connectivity index (χ4n) is 2.84. The molecule has 5 heteroatoms. The summed E-state index contributed by atoms with van der Waals surface area (Å²) in [6, 6.07) is 10.8. The Morgan fingerprint density at radius 2 is 1.74 bits per heavy atom. The summed E-state index contributed by atoms with van der Waals surface area (Å²) in [5, 5.41) is 9.81. The van der Waals surface area contributed by atoms with Crippen molar-refractivity contribution in [1.82, 2.24) is 14.8 Å². The Balaban J connectivity index is 1.50. The summed E-state index contributed by atoms with van der Waals surface area (Å²) in [4.78, 5) is 20.7. The zero-order valence-corrected chi connectivity index (χ0v) is 13.1. The monoisotopic (exact) mass is 311 g/mol. The van der Waals surface area contributed by atoms with E-state index >= 15 is 0 Å². The van der Waals surface area contributed by atoms with Crippen LogP contribution in [0.25, 0.3) is 0 Å². The number of para-hydroxylation sites is 1. The van der Waals surface area contributed by atoms with Crippen LogP contribution in [0.3, 0.4) is 0 Å². The van der Waals surface area contributed by atoms with Gasteiger partial charge in [0.1, 0.15) is 5.75 Å². The first-order valence-electron chi connectivity index (χ1n) is 7.92. The Hall–Kier alpha value is -2.40. The van der Waals surface area contributed by atoms with E-state index < -0.39 is 0 Å². The van der Waals surface area contributed by atoms with Crippen LogP contribution in [0.5, 0.6) is 5.75 Å². The lowest BCUT2D eigenvalue weighted by atomic mass is 10.1. The zero-order chi connectivity index (χ0) is 16.1. The minimum atomic E-state index is -0.0862. The first kappa shape index (κ1) is 15.5. The summed E-state index contributed by atoms with van der Waals surface area (Å²) >= 11 is 0. The van der Waals surface area contributed by atoms with Crippen molar-refractivity contribution < 1.29 is 9.90 Å². The Labute approximate surface area is 136 Å². The average molecular weight is 311 g/mol. The highest BCUT2D eigenvalue weighted by Gasteiger charge is 2.23. The molecule has 0 bridgehead atoms. The molecule has 1 aromatic carbocycles. The molecule has 1 aromatic heterocycles. The zero-order valence-electron chi connectivity index (χ0n) is 13.1. The summed E-state index contributed by atoms with van der Waals surface area (Å²) in [5.74, 6) is -0.0329. The van der Waals surface area contributed by atoms with Gasteiger partial charge in [0.25, 0.3) is 5.91 Å². The normalized spacial score (nSPS) is 15.6. The lowest BCUT2D eigenvalue weighted by Gasteiger charge is -2.34. The number of hydrogen-bond donors (Lipinski definition) is 1. The summed E-state index contributed by atoms with van der Waals surface area (Å²) in [6.45, 7) is 4.12. The highest BCUT2D eigenvalue weighted by atomic mass is 16.3. The van der Waals surface area contributed by atoms with Gasteiger partial charge >= 0.3 is 0 Å². The SMILES string of the molecule is O=C(c1ccccc1O)N1CCN(CCc2ccncc2)CC1. The highest BCUT2D eigenvalue weighted by molar-refractivity contribution is 5.96.